The quantitative estimate of drug-likeness (QED) is 0.412. The van der Waals surface area contributed by atoms with Crippen LogP contribution in [-0.4, -0.2) is 24.3 Å². The van der Waals surface area contributed by atoms with Crippen LogP contribution >= 0.6 is 11.3 Å². The molecule has 2 heterocycles. The molecule has 2 N–H and O–H groups in total. The normalized spacial score (nSPS) is 12.6. The van der Waals surface area contributed by atoms with Crippen molar-refractivity contribution in [3.05, 3.63) is 100 Å². The third-order valence-corrected chi connectivity index (χ3v) is 6.55. The third kappa shape index (κ3) is 4.21. The fourth-order valence-electron chi connectivity index (χ4n) is 3.90. The molecule has 6 nitrogen and oxygen atoms in total. The van der Waals surface area contributed by atoms with Crippen molar-refractivity contribution in [2.75, 3.05) is 22.1 Å². The van der Waals surface area contributed by atoms with Gasteiger partial charge in [0.25, 0.3) is 11.8 Å². The van der Waals surface area contributed by atoms with E-state index in [2.05, 4.69) is 10.6 Å². The number of amides is 3. The number of benzene rings is 3. The van der Waals surface area contributed by atoms with E-state index in [1.54, 1.807) is 36.4 Å². The van der Waals surface area contributed by atoms with Crippen LogP contribution in [-0.2, 0) is 4.79 Å². The summed E-state index contributed by atoms with van der Waals surface area (Å²) in [6.45, 7) is 1.98. The predicted molar refractivity (Wildman–Crippen MR) is 136 cm³/mol. The lowest BCUT2D eigenvalue weighted by molar-refractivity contribution is -0.115. The first-order valence-electron chi connectivity index (χ1n) is 10.8. The second-order valence-electron chi connectivity index (χ2n) is 8.02. The van der Waals surface area contributed by atoms with Crippen LogP contribution in [0, 0.1) is 6.92 Å². The fraction of sp³-hybridized carbons (Fsp3) is 0.0741. The van der Waals surface area contributed by atoms with Gasteiger partial charge in [0, 0.05) is 16.8 Å². The van der Waals surface area contributed by atoms with Crippen molar-refractivity contribution in [1.82, 2.24) is 0 Å². The molecule has 1 aromatic heterocycles. The summed E-state index contributed by atoms with van der Waals surface area (Å²) in [6, 6.07) is 23.9. The van der Waals surface area contributed by atoms with E-state index in [9.17, 15) is 14.4 Å². The molecule has 0 saturated heterocycles. The van der Waals surface area contributed by atoms with Gasteiger partial charge in [-0.15, -0.1) is 11.3 Å². The number of hydrogen-bond donors (Lipinski definition) is 2. The van der Waals surface area contributed by atoms with E-state index in [0.717, 1.165) is 16.7 Å². The Bertz CT molecular complexity index is 1390. The first-order chi connectivity index (χ1) is 16.5. The zero-order valence-electron chi connectivity index (χ0n) is 18.4. The summed E-state index contributed by atoms with van der Waals surface area (Å²) in [5, 5.41) is 7.60. The molecule has 3 amide bonds. The Kier molecular flexibility index (Phi) is 5.69. The molecule has 0 atom stereocenters. The SMILES string of the molecule is Cc1ccc(-c2ccsc2C(=O)Nc2ccc(C(=O)N3CC(=O)Nc4ccccc43)cc2)cc1. The number of carbonyl (C=O) groups is 3. The van der Waals surface area contributed by atoms with Gasteiger partial charge in [0.2, 0.25) is 5.91 Å². The molecule has 0 spiro atoms. The minimum atomic E-state index is -0.278. The van der Waals surface area contributed by atoms with E-state index in [1.165, 1.54) is 16.2 Å². The molecule has 0 fully saturated rings. The molecule has 0 bridgehead atoms. The Hall–Kier alpha value is -4.23. The highest BCUT2D eigenvalue weighted by Gasteiger charge is 2.27. The molecule has 1 aliphatic rings. The lowest BCUT2D eigenvalue weighted by atomic mass is 10.0. The molecule has 0 aliphatic carbocycles. The molecule has 0 radical (unpaired) electrons. The summed E-state index contributed by atoms with van der Waals surface area (Å²) in [7, 11) is 0. The van der Waals surface area contributed by atoms with Gasteiger partial charge in [-0.2, -0.15) is 0 Å². The molecule has 1 aliphatic heterocycles. The van der Waals surface area contributed by atoms with E-state index >= 15 is 0 Å². The molecular formula is C27H21N3O3S. The topological polar surface area (TPSA) is 78.5 Å². The number of nitrogens with zero attached hydrogens (tertiary/aromatic N) is 1. The van der Waals surface area contributed by atoms with Gasteiger partial charge in [-0.25, -0.2) is 0 Å². The number of anilines is 3. The monoisotopic (exact) mass is 467 g/mol. The summed E-state index contributed by atoms with van der Waals surface area (Å²) >= 11 is 1.39. The van der Waals surface area contributed by atoms with Gasteiger partial charge in [-0.3, -0.25) is 19.3 Å². The van der Waals surface area contributed by atoms with Gasteiger partial charge in [0.05, 0.1) is 16.3 Å². The highest BCUT2D eigenvalue weighted by molar-refractivity contribution is 7.12. The summed E-state index contributed by atoms with van der Waals surface area (Å²) < 4.78 is 0. The molecule has 5 rings (SSSR count). The minimum Gasteiger partial charge on any atom is -0.323 e. The number of carbonyl (C=O) groups excluding carboxylic acids is 3. The van der Waals surface area contributed by atoms with E-state index < -0.39 is 0 Å². The first-order valence-corrected chi connectivity index (χ1v) is 11.6. The average Bonchev–Trinajstić information content (AvgIpc) is 3.34. The predicted octanol–water partition coefficient (Wildman–Crippen LogP) is 5.57. The van der Waals surface area contributed by atoms with Gasteiger partial charge in [0.15, 0.2) is 0 Å². The van der Waals surface area contributed by atoms with E-state index in [1.807, 2.05) is 54.8 Å². The molecule has 3 aromatic carbocycles. The fourth-order valence-corrected chi connectivity index (χ4v) is 4.71. The second-order valence-corrected chi connectivity index (χ2v) is 8.93. The zero-order valence-corrected chi connectivity index (χ0v) is 19.2. The summed E-state index contributed by atoms with van der Waals surface area (Å²) in [4.78, 5) is 40.2. The number of hydrogen-bond acceptors (Lipinski definition) is 4. The van der Waals surface area contributed by atoms with Crippen molar-refractivity contribution in [1.29, 1.82) is 0 Å². The van der Waals surface area contributed by atoms with Crippen LogP contribution in [0.3, 0.4) is 0 Å². The van der Waals surface area contributed by atoms with Gasteiger partial charge in [-0.1, -0.05) is 42.0 Å². The van der Waals surface area contributed by atoms with Crippen LogP contribution in [0.25, 0.3) is 11.1 Å². The van der Waals surface area contributed by atoms with Crippen molar-refractivity contribution in [3.63, 3.8) is 0 Å². The van der Waals surface area contributed by atoms with E-state index in [4.69, 9.17) is 0 Å². The Balaban J connectivity index is 1.33. The maximum Gasteiger partial charge on any atom is 0.266 e. The van der Waals surface area contributed by atoms with Crippen LogP contribution in [0.1, 0.15) is 25.6 Å². The molecule has 4 aromatic rings. The Labute approximate surface area is 200 Å². The second kappa shape index (κ2) is 8.96. The maximum atomic E-state index is 13.1. The van der Waals surface area contributed by atoms with Crippen molar-refractivity contribution in [2.45, 2.75) is 6.92 Å². The summed E-state index contributed by atoms with van der Waals surface area (Å²) in [5.41, 5.74) is 5.32. The number of rotatable bonds is 4. The first kappa shape index (κ1) is 21.6. The highest BCUT2D eigenvalue weighted by atomic mass is 32.1. The molecule has 0 unspecified atom stereocenters. The van der Waals surface area contributed by atoms with Gasteiger partial charge in [-0.05, 0) is 60.3 Å². The van der Waals surface area contributed by atoms with Crippen molar-refractivity contribution in [2.24, 2.45) is 0 Å². The molecule has 34 heavy (non-hydrogen) atoms. The minimum absolute atomic E-state index is 0.0471. The standard InChI is InChI=1S/C27H21N3O3S/c1-17-6-8-18(9-7-17)21-14-15-34-25(21)26(32)28-20-12-10-19(11-13-20)27(33)30-16-24(31)29-22-4-2-3-5-23(22)30/h2-15H,16H2,1H3,(H,28,32)(H,29,31). The van der Waals surface area contributed by atoms with Crippen LogP contribution in [0.5, 0.6) is 0 Å². The third-order valence-electron chi connectivity index (χ3n) is 5.64. The van der Waals surface area contributed by atoms with Crippen LogP contribution in [0.2, 0.25) is 0 Å². The number of nitrogens with one attached hydrogen (secondary N) is 2. The number of fused-ring (bicyclic) bond motifs is 1. The van der Waals surface area contributed by atoms with Crippen LogP contribution in [0.4, 0.5) is 17.1 Å². The number of aryl methyl sites for hydroxylation is 1. The van der Waals surface area contributed by atoms with Gasteiger partial charge < -0.3 is 10.6 Å². The van der Waals surface area contributed by atoms with Gasteiger partial charge in [0.1, 0.15) is 6.54 Å². The summed E-state index contributed by atoms with van der Waals surface area (Å²) in [5.74, 6) is -0.720. The summed E-state index contributed by atoms with van der Waals surface area (Å²) in [6.07, 6.45) is 0. The molecule has 7 heteroatoms. The zero-order chi connectivity index (χ0) is 23.7. The van der Waals surface area contributed by atoms with E-state index in [-0.39, 0.29) is 24.3 Å². The lowest BCUT2D eigenvalue weighted by Crippen LogP contribution is -2.42. The smallest absolute Gasteiger partial charge is 0.266 e. The Morgan fingerprint density at radius 2 is 1.68 bits per heavy atom. The van der Waals surface area contributed by atoms with Crippen LogP contribution < -0.4 is 15.5 Å². The molecule has 168 valence electrons. The number of thiophene rings is 1. The highest BCUT2D eigenvalue weighted by Crippen LogP contribution is 2.31. The van der Waals surface area contributed by atoms with Crippen LogP contribution in [0.15, 0.2) is 84.2 Å². The Morgan fingerprint density at radius 3 is 2.44 bits per heavy atom. The Morgan fingerprint density at radius 1 is 0.941 bits per heavy atom. The van der Waals surface area contributed by atoms with Crippen molar-refractivity contribution < 1.29 is 14.4 Å². The average molecular weight is 468 g/mol. The van der Waals surface area contributed by atoms with Crippen molar-refractivity contribution in [3.8, 4) is 11.1 Å². The van der Waals surface area contributed by atoms with E-state index in [0.29, 0.717) is 27.5 Å². The maximum absolute atomic E-state index is 13.1. The molecular weight excluding hydrogens is 446 g/mol. The molecule has 0 saturated carbocycles. The van der Waals surface area contributed by atoms with Crippen molar-refractivity contribution >= 4 is 46.1 Å². The lowest BCUT2D eigenvalue weighted by Gasteiger charge is -2.29. The number of para-hydroxylation sites is 2. The largest absolute Gasteiger partial charge is 0.323 e. The van der Waals surface area contributed by atoms with Gasteiger partial charge >= 0.3 is 0 Å².